The number of anilines is 2. The van der Waals surface area contributed by atoms with Gasteiger partial charge in [-0.2, -0.15) is 5.26 Å². The van der Waals surface area contributed by atoms with Crippen molar-refractivity contribution in [3.8, 4) is 6.07 Å². The summed E-state index contributed by atoms with van der Waals surface area (Å²) < 4.78 is 1.32. The zero-order chi connectivity index (χ0) is 15.8. The standard InChI is InChI=1S/C19H17N3S/c1-21-7-8-22(17-4-3-15-6-9-23-19(15)11-17)18-5-2-14(12-20)10-16(18)13-21/h2-6,9-11H,7-8,13H2,1H3. The van der Waals surface area contributed by atoms with E-state index in [1.165, 1.54) is 27.0 Å². The van der Waals surface area contributed by atoms with Gasteiger partial charge in [0, 0.05) is 35.7 Å². The topological polar surface area (TPSA) is 30.3 Å². The molecule has 3 aromatic rings. The normalized spacial score (nSPS) is 15.2. The van der Waals surface area contributed by atoms with Gasteiger partial charge in [-0.25, -0.2) is 0 Å². The van der Waals surface area contributed by atoms with E-state index in [2.05, 4.69) is 58.6 Å². The Balaban J connectivity index is 1.83. The van der Waals surface area contributed by atoms with E-state index in [-0.39, 0.29) is 0 Å². The van der Waals surface area contributed by atoms with Crippen molar-refractivity contribution >= 4 is 32.8 Å². The predicted octanol–water partition coefficient (Wildman–Crippen LogP) is 4.36. The van der Waals surface area contributed by atoms with Gasteiger partial charge in [-0.1, -0.05) is 6.07 Å². The first-order chi connectivity index (χ1) is 11.2. The number of nitrogens with zero attached hydrogens (tertiary/aromatic N) is 3. The second kappa shape index (κ2) is 5.69. The first kappa shape index (κ1) is 14.3. The largest absolute Gasteiger partial charge is 0.340 e. The van der Waals surface area contributed by atoms with E-state index in [0.29, 0.717) is 0 Å². The van der Waals surface area contributed by atoms with Gasteiger partial charge in [0.1, 0.15) is 0 Å². The monoisotopic (exact) mass is 319 g/mol. The molecule has 0 amide bonds. The summed E-state index contributed by atoms with van der Waals surface area (Å²) >= 11 is 1.78. The molecule has 23 heavy (non-hydrogen) atoms. The fourth-order valence-corrected chi connectivity index (χ4v) is 4.01. The van der Waals surface area contributed by atoms with Crippen LogP contribution in [0.4, 0.5) is 11.4 Å². The smallest absolute Gasteiger partial charge is 0.0991 e. The van der Waals surface area contributed by atoms with Crippen LogP contribution in [0.5, 0.6) is 0 Å². The molecule has 2 aromatic carbocycles. The lowest BCUT2D eigenvalue weighted by molar-refractivity contribution is 0.343. The maximum atomic E-state index is 9.18. The van der Waals surface area contributed by atoms with Gasteiger partial charge in [0.05, 0.1) is 11.6 Å². The first-order valence-corrected chi connectivity index (χ1v) is 8.59. The van der Waals surface area contributed by atoms with Gasteiger partial charge in [-0.15, -0.1) is 11.3 Å². The molecule has 4 heteroatoms. The van der Waals surface area contributed by atoms with Crippen molar-refractivity contribution in [2.45, 2.75) is 6.54 Å². The lowest BCUT2D eigenvalue weighted by Gasteiger charge is -2.25. The fraction of sp³-hybridized carbons (Fsp3) is 0.211. The van der Waals surface area contributed by atoms with Crippen molar-refractivity contribution < 1.29 is 0 Å². The van der Waals surface area contributed by atoms with E-state index in [0.717, 1.165) is 25.2 Å². The third kappa shape index (κ3) is 2.59. The molecule has 0 spiro atoms. The summed E-state index contributed by atoms with van der Waals surface area (Å²) in [7, 11) is 2.13. The molecule has 1 aliphatic heterocycles. The molecule has 1 aliphatic rings. The number of benzene rings is 2. The maximum absolute atomic E-state index is 9.18. The van der Waals surface area contributed by atoms with Crippen molar-refractivity contribution in [2.24, 2.45) is 0 Å². The van der Waals surface area contributed by atoms with Crippen molar-refractivity contribution in [1.29, 1.82) is 5.26 Å². The quantitative estimate of drug-likeness (QED) is 0.668. The van der Waals surface area contributed by atoms with Gasteiger partial charge >= 0.3 is 0 Å². The van der Waals surface area contributed by atoms with Crippen LogP contribution in [0.25, 0.3) is 10.1 Å². The van der Waals surface area contributed by atoms with E-state index in [9.17, 15) is 5.26 Å². The van der Waals surface area contributed by atoms with Crippen molar-refractivity contribution in [1.82, 2.24) is 4.90 Å². The number of thiophene rings is 1. The van der Waals surface area contributed by atoms with Gasteiger partial charge in [0.2, 0.25) is 0 Å². The van der Waals surface area contributed by atoms with Crippen LogP contribution in [0, 0.1) is 11.3 Å². The summed E-state index contributed by atoms with van der Waals surface area (Å²) in [6.07, 6.45) is 0. The number of hydrogen-bond acceptors (Lipinski definition) is 4. The first-order valence-electron chi connectivity index (χ1n) is 7.71. The molecule has 114 valence electrons. The summed E-state index contributed by atoms with van der Waals surface area (Å²) in [6.45, 7) is 2.83. The van der Waals surface area contributed by atoms with Gasteiger partial charge < -0.3 is 9.80 Å². The zero-order valence-electron chi connectivity index (χ0n) is 13.0. The summed E-state index contributed by atoms with van der Waals surface area (Å²) in [5, 5.41) is 12.6. The van der Waals surface area contributed by atoms with E-state index >= 15 is 0 Å². The third-order valence-corrected chi connectivity index (χ3v) is 5.28. The number of fused-ring (bicyclic) bond motifs is 2. The number of rotatable bonds is 1. The van der Waals surface area contributed by atoms with Crippen LogP contribution in [0.3, 0.4) is 0 Å². The molecule has 0 fully saturated rings. The van der Waals surface area contributed by atoms with Crippen LogP contribution < -0.4 is 4.90 Å². The Hall–Kier alpha value is -2.35. The molecule has 0 bridgehead atoms. The highest BCUT2D eigenvalue weighted by Crippen LogP contribution is 2.34. The van der Waals surface area contributed by atoms with Crippen LogP contribution in [-0.4, -0.2) is 25.0 Å². The Kier molecular flexibility index (Phi) is 3.53. The highest BCUT2D eigenvalue weighted by atomic mass is 32.1. The minimum absolute atomic E-state index is 0.729. The Morgan fingerprint density at radius 2 is 2.00 bits per heavy atom. The Bertz CT molecular complexity index is 906. The molecule has 0 N–H and O–H groups in total. The number of likely N-dealkylation sites (N-methyl/N-ethyl adjacent to an activating group) is 1. The maximum Gasteiger partial charge on any atom is 0.0991 e. The third-order valence-electron chi connectivity index (χ3n) is 4.40. The highest BCUT2D eigenvalue weighted by molar-refractivity contribution is 7.17. The van der Waals surface area contributed by atoms with Crippen LogP contribution in [0.1, 0.15) is 11.1 Å². The molecule has 1 aromatic heterocycles. The molecular formula is C19H17N3S. The molecule has 0 aliphatic carbocycles. The lowest BCUT2D eigenvalue weighted by Crippen LogP contribution is -2.26. The molecule has 2 heterocycles. The van der Waals surface area contributed by atoms with E-state index in [1.807, 2.05) is 12.1 Å². The molecule has 0 saturated heterocycles. The number of hydrogen-bond donors (Lipinski definition) is 0. The van der Waals surface area contributed by atoms with Crippen molar-refractivity contribution in [2.75, 3.05) is 25.0 Å². The summed E-state index contributed by atoms with van der Waals surface area (Å²) in [5.41, 5.74) is 4.38. The molecule has 0 radical (unpaired) electrons. The minimum atomic E-state index is 0.729. The summed E-state index contributed by atoms with van der Waals surface area (Å²) in [4.78, 5) is 4.68. The average Bonchev–Trinajstić information content (AvgIpc) is 2.97. The fourth-order valence-electron chi connectivity index (χ4n) is 3.19. The zero-order valence-corrected chi connectivity index (χ0v) is 13.8. The Morgan fingerprint density at radius 3 is 2.87 bits per heavy atom. The van der Waals surface area contributed by atoms with Gasteiger partial charge in [0.25, 0.3) is 0 Å². The SMILES string of the molecule is CN1CCN(c2ccc3ccsc3c2)c2ccc(C#N)cc2C1. The van der Waals surface area contributed by atoms with Crippen LogP contribution in [0.15, 0.2) is 47.8 Å². The van der Waals surface area contributed by atoms with Crippen molar-refractivity contribution in [3.63, 3.8) is 0 Å². The lowest BCUT2D eigenvalue weighted by atomic mass is 10.1. The number of nitriles is 1. The molecule has 0 saturated carbocycles. The van der Waals surface area contributed by atoms with Gasteiger partial charge in [-0.3, -0.25) is 0 Å². The van der Waals surface area contributed by atoms with Gasteiger partial charge in [-0.05, 0) is 59.8 Å². The summed E-state index contributed by atoms with van der Waals surface area (Å²) in [5.74, 6) is 0. The second-order valence-electron chi connectivity index (χ2n) is 5.99. The van der Waals surface area contributed by atoms with Crippen LogP contribution >= 0.6 is 11.3 Å². The Morgan fingerprint density at radius 1 is 1.09 bits per heavy atom. The molecule has 3 nitrogen and oxygen atoms in total. The molecule has 0 atom stereocenters. The van der Waals surface area contributed by atoms with E-state index in [1.54, 1.807) is 11.3 Å². The van der Waals surface area contributed by atoms with Gasteiger partial charge in [0.15, 0.2) is 0 Å². The summed E-state index contributed by atoms with van der Waals surface area (Å²) in [6, 6.07) is 17.1. The van der Waals surface area contributed by atoms with E-state index in [4.69, 9.17) is 0 Å². The predicted molar refractivity (Wildman–Crippen MR) is 96.3 cm³/mol. The second-order valence-corrected chi connectivity index (χ2v) is 6.94. The highest BCUT2D eigenvalue weighted by Gasteiger charge is 2.20. The minimum Gasteiger partial charge on any atom is -0.340 e. The molecule has 0 unspecified atom stereocenters. The molecular weight excluding hydrogens is 302 g/mol. The van der Waals surface area contributed by atoms with Crippen molar-refractivity contribution in [3.05, 3.63) is 59.0 Å². The molecule has 4 rings (SSSR count). The van der Waals surface area contributed by atoms with Crippen LogP contribution in [0.2, 0.25) is 0 Å². The Labute approximate surface area is 140 Å². The van der Waals surface area contributed by atoms with Crippen LogP contribution in [-0.2, 0) is 6.54 Å². The van der Waals surface area contributed by atoms with E-state index < -0.39 is 0 Å². The average molecular weight is 319 g/mol.